The van der Waals surface area contributed by atoms with E-state index in [4.69, 9.17) is 16.0 Å². The molecule has 0 aliphatic heterocycles. The highest BCUT2D eigenvalue weighted by Gasteiger charge is 2.11. The zero-order valence-corrected chi connectivity index (χ0v) is 14.8. The molecule has 0 radical (unpaired) electrons. The van der Waals surface area contributed by atoms with Crippen molar-refractivity contribution in [3.05, 3.63) is 80.3 Å². The number of hydrogen-bond acceptors (Lipinski definition) is 5. The Balaban J connectivity index is 1.71. The summed E-state index contributed by atoms with van der Waals surface area (Å²) in [6.45, 7) is 0. The fraction of sp³-hybridized carbons (Fsp3) is 0. The van der Waals surface area contributed by atoms with Crippen molar-refractivity contribution < 1.29 is 9.21 Å². The normalized spacial score (nSPS) is 10.8. The first-order chi connectivity index (χ1) is 12.6. The van der Waals surface area contributed by atoms with Crippen LogP contribution in [0, 0.1) is 0 Å². The highest BCUT2D eigenvalue weighted by molar-refractivity contribution is 7.12. The SMILES string of the molecule is O=C(Nc1cccc(-c2nc3cc(Cl)ccc3c(=O)o2)c1)c1cccs1. The lowest BCUT2D eigenvalue weighted by Gasteiger charge is -2.06. The standard InChI is InChI=1S/C19H11ClN2O3S/c20-12-6-7-14-15(10-12)22-18(25-19(14)24)11-3-1-4-13(9-11)21-17(23)16-5-2-8-26-16/h1-10H,(H,21,23). The van der Waals surface area contributed by atoms with Crippen molar-refractivity contribution in [2.75, 3.05) is 5.32 Å². The van der Waals surface area contributed by atoms with Crippen molar-refractivity contribution in [2.24, 2.45) is 0 Å². The van der Waals surface area contributed by atoms with Crippen LogP contribution < -0.4 is 10.9 Å². The van der Waals surface area contributed by atoms with Gasteiger partial charge >= 0.3 is 5.63 Å². The van der Waals surface area contributed by atoms with Gasteiger partial charge in [0.2, 0.25) is 5.89 Å². The van der Waals surface area contributed by atoms with Gasteiger partial charge in [-0.15, -0.1) is 11.3 Å². The molecule has 128 valence electrons. The number of hydrogen-bond donors (Lipinski definition) is 1. The molecule has 0 bridgehead atoms. The van der Waals surface area contributed by atoms with Gasteiger partial charge in [0.05, 0.1) is 15.8 Å². The lowest BCUT2D eigenvalue weighted by atomic mass is 10.2. The number of carbonyl (C=O) groups excluding carboxylic acids is 1. The molecule has 0 fully saturated rings. The topological polar surface area (TPSA) is 72.2 Å². The van der Waals surface area contributed by atoms with Gasteiger partial charge in [0, 0.05) is 16.3 Å². The molecule has 2 aromatic carbocycles. The number of anilines is 1. The minimum Gasteiger partial charge on any atom is -0.403 e. The Morgan fingerprint density at radius 2 is 2.00 bits per heavy atom. The maximum atomic E-state index is 12.2. The number of rotatable bonds is 3. The van der Waals surface area contributed by atoms with Crippen molar-refractivity contribution in [2.45, 2.75) is 0 Å². The lowest BCUT2D eigenvalue weighted by Crippen LogP contribution is -2.10. The van der Waals surface area contributed by atoms with Gasteiger partial charge in [-0.2, -0.15) is 0 Å². The molecule has 1 N–H and O–H groups in total. The fourth-order valence-corrected chi connectivity index (χ4v) is 3.28. The predicted octanol–water partition coefficient (Wildman–Crippen LogP) is 4.82. The Bertz CT molecular complexity index is 1170. The molecule has 2 heterocycles. The summed E-state index contributed by atoms with van der Waals surface area (Å²) in [4.78, 5) is 29.4. The molecule has 4 rings (SSSR count). The number of benzene rings is 2. The van der Waals surface area contributed by atoms with E-state index in [1.54, 1.807) is 48.5 Å². The summed E-state index contributed by atoms with van der Waals surface area (Å²) in [6, 6.07) is 15.3. The fourth-order valence-electron chi connectivity index (χ4n) is 2.50. The van der Waals surface area contributed by atoms with Gasteiger partial charge in [-0.25, -0.2) is 9.78 Å². The molecular weight excluding hydrogens is 372 g/mol. The Morgan fingerprint density at radius 1 is 1.12 bits per heavy atom. The van der Waals surface area contributed by atoms with E-state index in [1.165, 1.54) is 11.3 Å². The van der Waals surface area contributed by atoms with Gasteiger partial charge in [0.25, 0.3) is 5.91 Å². The first-order valence-electron chi connectivity index (χ1n) is 7.66. The van der Waals surface area contributed by atoms with Crippen LogP contribution in [0.3, 0.4) is 0 Å². The molecule has 4 aromatic rings. The van der Waals surface area contributed by atoms with Gasteiger partial charge in [-0.05, 0) is 47.8 Å². The molecule has 0 aliphatic carbocycles. The Hall–Kier alpha value is -2.96. The summed E-state index contributed by atoms with van der Waals surface area (Å²) in [5.74, 6) is -0.0335. The van der Waals surface area contributed by atoms with E-state index >= 15 is 0 Å². The van der Waals surface area contributed by atoms with Gasteiger partial charge in [0.1, 0.15) is 0 Å². The van der Waals surface area contributed by atoms with Gasteiger partial charge < -0.3 is 9.73 Å². The van der Waals surface area contributed by atoms with Crippen LogP contribution in [-0.2, 0) is 0 Å². The van der Waals surface area contributed by atoms with E-state index in [1.807, 2.05) is 11.4 Å². The van der Waals surface area contributed by atoms with Crippen LogP contribution in [0.25, 0.3) is 22.4 Å². The monoisotopic (exact) mass is 382 g/mol. The third kappa shape index (κ3) is 3.24. The second kappa shape index (κ2) is 6.74. The quantitative estimate of drug-likeness (QED) is 0.551. The van der Waals surface area contributed by atoms with Crippen molar-refractivity contribution in [1.82, 2.24) is 4.98 Å². The smallest absolute Gasteiger partial charge is 0.347 e. The van der Waals surface area contributed by atoms with E-state index in [0.717, 1.165) is 0 Å². The molecule has 2 aromatic heterocycles. The van der Waals surface area contributed by atoms with E-state index in [-0.39, 0.29) is 11.8 Å². The number of thiophene rings is 1. The Labute approximate surface area is 156 Å². The zero-order chi connectivity index (χ0) is 18.1. The molecule has 7 heteroatoms. The largest absolute Gasteiger partial charge is 0.403 e. The van der Waals surface area contributed by atoms with Crippen LogP contribution in [0.2, 0.25) is 5.02 Å². The van der Waals surface area contributed by atoms with E-state index < -0.39 is 5.63 Å². The van der Waals surface area contributed by atoms with Crippen LogP contribution in [-0.4, -0.2) is 10.9 Å². The zero-order valence-electron chi connectivity index (χ0n) is 13.2. The number of carbonyl (C=O) groups is 1. The van der Waals surface area contributed by atoms with Crippen molar-refractivity contribution in [1.29, 1.82) is 0 Å². The minimum absolute atomic E-state index is 0.164. The van der Waals surface area contributed by atoms with Crippen molar-refractivity contribution in [3.63, 3.8) is 0 Å². The Morgan fingerprint density at radius 3 is 2.81 bits per heavy atom. The molecule has 0 aliphatic rings. The average molecular weight is 383 g/mol. The van der Waals surface area contributed by atoms with Gasteiger partial charge in [0.15, 0.2) is 0 Å². The average Bonchev–Trinajstić information content (AvgIpc) is 3.16. The summed E-state index contributed by atoms with van der Waals surface area (Å²) >= 11 is 7.34. The lowest BCUT2D eigenvalue weighted by molar-refractivity contribution is 0.103. The molecule has 0 saturated heterocycles. The third-order valence-corrected chi connectivity index (χ3v) is 4.81. The van der Waals surface area contributed by atoms with Gasteiger partial charge in [-0.1, -0.05) is 23.7 Å². The second-order valence-electron chi connectivity index (χ2n) is 5.48. The first-order valence-corrected chi connectivity index (χ1v) is 8.91. The second-order valence-corrected chi connectivity index (χ2v) is 6.86. The van der Waals surface area contributed by atoms with Crippen LogP contribution >= 0.6 is 22.9 Å². The minimum atomic E-state index is -0.491. The van der Waals surface area contributed by atoms with E-state index in [9.17, 15) is 9.59 Å². The molecule has 0 unspecified atom stereocenters. The number of amides is 1. The molecule has 5 nitrogen and oxygen atoms in total. The highest BCUT2D eigenvalue weighted by Crippen LogP contribution is 2.23. The number of aromatic nitrogens is 1. The van der Waals surface area contributed by atoms with Crippen LogP contribution in [0.15, 0.2) is 69.2 Å². The summed E-state index contributed by atoms with van der Waals surface area (Å²) in [5, 5.41) is 5.50. The van der Waals surface area contributed by atoms with Crippen LogP contribution in [0.5, 0.6) is 0 Å². The number of nitrogens with zero attached hydrogens (tertiary/aromatic N) is 1. The Kier molecular flexibility index (Phi) is 4.28. The number of fused-ring (bicyclic) bond motifs is 1. The first kappa shape index (κ1) is 16.5. The molecule has 0 spiro atoms. The van der Waals surface area contributed by atoms with Crippen LogP contribution in [0.4, 0.5) is 5.69 Å². The number of halogens is 1. The summed E-state index contributed by atoms with van der Waals surface area (Å²) in [5.41, 5.74) is 1.12. The van der Waals surface area contributed by atoms with Crippen LogP contribution in [0.1, 0.15) is 9.67 Å². The maximum absolute atomic E-state index is 12.2. The number of nitrogens with one attached hydrogen (secondary N) is 1. The molecule has 0 atom stereocenters. The summed E-state index contributed by atoms with van der Waals surface area (Å²) in [6.07, 6.45) is 0. The highest BCUT2D eigenvalue weighted by atomic mass is 35.5. The van der Waals surface area contributed by atoms with Crippen molar-refractivity contribution >= 4 is 45.4 Å². The summed E-state index contributed by atoms with van der Waals surface area (Å²) in [7, 11) is 0. The molecule has 1 amide bonds. The van der Waals surface area contributed by atoms with Crippen molar-refractivity contribution in [3.8, 4) is 11.5 Å². The van der Waals surface area contributed by atoms with E-state index in [0.29, 0.717) is 32.1 Å². The molecular formula is C19H11ClN2O3S. The summed E-state index contributed by atoms with van der Waals surface area (Å²) < 4.78 is 5.33. The maximum Gasteiger partial charge on any atom is 0.347 e. The van der Waals surface area contributed by atoms with Gasteiger partial charge in [-0.3, -0.25) is 4.79 Å². The predicted molar refractivity (Wildman–Crippen MR) is 103 cm³/mol. The van der Waals surface area contributed by atoms with E-state index in [2.05, 4.69) is 10.3 Å². The molecule has 26 heavy (non-hydrogen) atoms. The third-order valence-electron chi connectivity index (χ3n) is 3.70. The molecule has 0 saturated carbocycles.